The van der Waals surface area contributed by atoms with Crippen molar-refractivity contribution in [2.45, 2.75) is 37.1 Å². The molecule has 0 spiro atoms. The first-order valence-electron chi connectivity index (χ1n) is 6.83. The van der Waals surface area contributed by atoms with Crippen LogP contribution in [0.1, 0.15) is 24.8 Å². The van der Waals surface area contributed by atoms with Crippen LogP contribution in [0.25, 0.3) is 0 Å². The molecule has 0 amide bonds. The van der Waals surface area contributed by atoms with E-state index in [4.69, 9.17) is 5.73 Å². The zero-order chi connectivity index (χ0) is 15.6. The molecule has 0 heterocycles. The molecule has 0 saturated heterocycles. The molecular formula is C13H19N3O4S. The molecule has 21 heavy (non-hydrogen) atoms. The van der Waals surface area contributed by atoms with Gasteiger partial charge in [-0.1, -0.05) is 18.6 Å². The highest BCUT2D eigenvalue weighted by Crippen LogP contribution is 2.30. The van der Waals surface area contributed by atoms with Crippen molar-refractivity contribution in [2.75, 3.05) is 6.54 Å². The van der Waals surface area contributed by atoms with Crippen molar-refractivity contribution in [3.8, 4) is 0 Å². The minimum atomic E-state index is -3.94. The lowest BCUT2D eigenvalue weighted by atomic mass is 10.1. The summed E-state index contributed by atoms with van der Waals surface area (Å²) in [6, 6.07) is 3.98. The largest absolute Gasteiger partial charge is 0.330 e. The number of nitro benzene ring substituents is 1. The summed E-state index contributed by atoms with van der Waals surface area (Å²) in [6.07, 6.45) is 2.49. The number of nitro groups is 1. The minimum absolute atomic E-state index is 0.0860. The smallest absolute Gasteiger partial charge is 0.289 e. The number of rotatable bonds is 5. The maximum Gasteiger partial charge on any atom is 0.289 e. The van der Waals surface area contributed by atoms with Crippen LogP contribution in [0, 0.1) is 23.0 Å². The molecule has 8 heteroatoms. The van der Waals surface area contributed by atoms with E-state index >= 15 is 0 Å². The third-order valence-corrected chi connectivity index (χ3v) is 5.61. The number of hydrogen-bond donors (Lipinski definition) is 2. The molecule has 1 aromatic carbocycles. The lowest BCUT2D eigenvalue weighted by molar-refractivity contribution is -0.387. The normalized spacial score (nSPS) is 22.4. The van der Waals surface area contributed by atoms with Gasteiger partial charge in [-0.3, -0.25) is 10.1 Å². The number of nitrogens with one attached hydrogen (secondary N) is 1. The van der Waals surface area contributed by atoms with Crippen molar-refractivity contribution in [3.05, 3.63) is 33.9 Å². The van der Waals surface area contributed by atoms with Gasteiger partial charge in [0.25, 0.3) is 5.69 Å². The Labute approximate surface area is 123 Å². The van der Waals surface area contributed by atoms with Crippen molar-refractivity contribution >= 4 is 15.7 Å². The van der Waals surface area contributed by atoms with Crippen LogP contribution in [0.3, 0.4) is 0 Å². The van der Waals surface area contributed by atoms with Gasteiger partial charge in [0.05, 0.1) is 4.92 Å². The quantitative estimate of drug-likeness (QED) is 0.628. The first-order chi connectivity index (χ1) is 9.86. The third kappa shape index (κ3) is 3.22. The number of sulfonamides is 1. The Morgan fingerprint density at radius 3 is 2.76 bits per heavy atom. The molecule has 1 aliphatic rings. The molecule has 7 nitrogen and oxygen atoms in total. The van der Waals surface area contributed by atoms with Gasteiger partial charge in [0.15, 0.2) is 4.90 Å². The van der Waals surface area contributed by atoms with E-state index in [1.807, 2.05) is 0 Å². The molecule has 1 saturated carbocycles. The van der Waals surface area contributed by atoms with Gasteiger partial charge in [0, 0.05) is 12.1 Å². The van der Waals surface area contributed by atoms with E-state index in [1.165, 1.54) is 12.1 Å². The second-order valence-corrected chi connectivity index (χ2v) is 6.99. The molecular weight excluding hydrogens is 294 g/mol. The molecule has 1 aromatic rings. The first kappa shape index (κ1) is 15.9. The molecule has 2 unspecified atom stereocenters. The van der Waals surface area contributed by atoms with Gasteiger partial charge in [-0.05, 0) is 37.8 Å². The Kier molecular flexibility index (Phi) is 4.60. The Bertz CT molecular complexity index is 645. The molecule has 2 rings (SSSR count). The molecule has 0 radical (unpaired) electrons. The second-order valence-electron chi connectivity index (χ2n) is 5.33. The number of nitrogens with two attached hydrogens (primary N) is 1. The summed E-state index contributed by atoms with van der Waals surface area (Å²) in [5, 5.41) is 11.1. The standard InChI is InChI=1S/C13H19N3O4S/c1-9-4-2-7-12(16(17)18)13(9)21(19,20)15-11-6-3-5-10(11)8-14/h2,4,7,10-11,15H,3,5-6,8,14H2,1H3. The number of hydrogen-bond acceptors (Lipinski definition) is 5. The molecule has 116 valence electrons. The summed E-state index contributed by atoms with van der Waals surface area (Å²) in [7, 11) is -3.94. The van der Waals surface area contributed by atoms with Gasteiger partial charge in [0.2, 0.25) is 10.0 Å². The van der Waals surface area contributed by atoms with Gasteiger partial charge in [-0.25, -0.2) is 13.1 Å². The Morgan fingerprint density at radius 2 is 2.14 bits per heavy atom. The van der Waals surface area contributed by atoms with E-state index in [2.05, 4.69) is 4.72 Å². The summed E-state index contributed by atoms with van der Waals surface area (Å²) in [6.45, 7) is 1.96. The van der Waals surface area contributed by atoms with Crippen LogP contribution in [-0.4, -0.2) is 25.9 Å². The molecule has 0 aliphatic heterocycles. The van der Waals surface area contributed by atoms with Gasteiger partial charge in [-0.15, -0.1) is 0 Å². The summed E-state index contributed by atoms with van der Waals surface area (Å²) >= 11 is 0. The van der Waals surface area contributed by atoms with Crippen molar-refractivity contribution in [3.63, 3.8) is 0 Å². The van der Waals surface area contributed by atoms with Crippen LogP contribution >= 0.6 is 0 Å². The zero-order valence-electron chi connectivity index (χ0n) is 11.8. The van der Waals surface area contributed by atoms with Crippen LogP contribution in [0.2, 0.25) is 0 Å². The topological polar surface area (TPSA) is 115 Å². The fourth-order valence-corrected chi connectivity index (χ4v) is 4.60. The van der Waals surface area contributed by atoms with E-state index in [1.54, 1.807) is 13.0 Å². The summed E-state index contributed by atoms with van der Waals surface area (Å²) < 4.78 is 27.7. The SMILES string of the molecule is Cc1cccc([N+](=O)[O-])c1S(=O)(=O)NC1CCCC1CN. The number of nitrogens with zero attached hydrogens (tertiary/aromatic N) is 1. The fraction of sp³-hybridized carbons (Fsp3) is 0.538. The van der Waals surface area contributed by atoms with Crippen molar-refractivity contribution in [1.82, 2.24) is 4.72 Å². The van der Waals surface area contributed by atoms with Crippen molar-refractivity contribution in [1.29, 1.82) is 0 Å². The molecule has 0 bridgehead atoms. The van der Waals surface area contributed by atoms with E-state index in [0.717, 1.165) is 12.8 Å². The van der Waals surface area contributed by atoms with Crippen LogP contribution in [0.4, 0.5) is 5.69 Å². The fourth-order valence-electron chi connectivity index (χ4n) is 2.86. The average molecular weight is 313 g/mol. The van der Waals surface area contributed by atoms with E-state index in [0.29, 0.717) is 18.5 Å². The highest BCUT2D eigenvalue weighted by atomic mass is 32.2. The number of aryl methyl sites for hydroxylation is 1. The average Bonchev–Trinajstić information content (AvgIpc) is 2.84. The van der Waals surface area contributed by atoms with E-state index in [-0.39, 0.29) is 16.9 Å². The molecule has 2 atom stereocenters. The lowest BCUT2D eigenvalue weighted by Gasteiger charge is -2.20. The summed E-state index contributed by atoms with van der Waals surface area (Å²) in [5.41, 5.74) is 5.61. The number of benzene rings is 1. The minimum Gasteiger partial charge on any atom is -0.330 e. The highest BCUT2D eigenvalue weighted by molar-refractivity contribution is 7.89. The lowest BCUT2D eigenvalue weighted by Crippen LogP contribution is -2.40. The summed E-state index contributed by atoms with van der Waals surface area (Å²) in [4.78, 5) is 10.1. The Morgan fingerprint density at radius 1 is 1.43 bits per heavy atom. The monoisotopic (exact) mass is 313 g/mol. The summed E-state index contributed by atoms with van der Waals surface area (Å²) in [5.74, 6) is 0.0860. The van der Waals surface area contributed by atoms with Crippen molar-refractivity contribution in [2.24, 2.45) is 11.7 Å². The van der Waals surface area contributed by atoms with Crippen molar-refractivity contribution < 1.29 is 13.3 Å². The third-order valence-electron chi connectivity index (χ3n) is 3.92. The molecule has 1 aliphatic carbocycles. The van der Waals surface area contributed by atoms with Crippen LogP contribution in [0.5, 0.6) is 0 Å². The second kappa shape index (κ2) is 6.08. The molecule has 1 fully saturated rings. The highest BCUT2D eigenvalue weighted by Gasteiger charge is 2.34. The predicted octanol–water partition coefficient (Wildman–Crippen LogP) is 1.31. The molecule has 0 aromatic heterocycles. The zero-order valence-corrected chi connectivity index (χ0v) is 12.6. The van der Waals surface area contributed by atoms with Gasteiger partial charge < -0.3 is 5.73 Å². The van der Waals surface area contributed by atoms with Gasteiger partial charge in [0.1, 0.15) is 0 Å². The first-order valence-corrected chi connectivity index (χ1v) is 8.31. The van der Waals surface area contributed by atoms with Crippen LogP contribution in [0.15, 0.2) is 23.1 Å². The van der Waals surface area contributed by atoms with Crippen LogP contribution < -0.4 is 10.5 Å². The maximum absolute atomic E-state index is 12.5. The predicted molar refractivity (Wildman–Crippen MR) is 78.3 cm³/mol. The van der Waals surface area contributed by atoms with E-state index < -0.39 is 20.6 Å². The van der Waals surface area contributed by atoms with Gasteiger partial charge >= 0.3 is 0 Å². The maximum atomic E-state index is 12.5. The van der Waals surface area contributed by atoms with Gasteiger partial charge in [-0.2, -0.15) is 0 Å². The molecule has 3 N–H and O–H groups in total. The Balaban J connectivity index is 2.38. The van der Waals surface area contributed by atoms with E-state index in [9.17, 15) is 18.5 Å². The van der Waals surface area contributed by atoms with Crippen LogP contribution in [-0.2, 0) is 10.0 Å². The Hall–Kier alpha value is -1.51.